The minimum atomic E-state index is -1.05. The first-order chi connectivity index (χ1) is 9.88. The minimum Gasteiger partial charge on any atom is -0.479 e. The molecular weight excluding hydrogens is 290 g/mol. The lowest BCUT2D eigenvalue weighted by molar-refractivity contribution is -0.148. The van der Waals surface area contributed by atoms with Gasteiger partial charge in [0.2, 0.25) is 5.91 Å². The Balaban J connectivity index is 2.23. The van der Waals surface area contributed by atoms with E-state index in [0.717, 1.165) is 17.3 Å². The number of rotatable bonds is 4. The molecule has 0 spiro atoms. The van der Waals surface area contributed by atoms with Crippen LogP contribution in [0.25, 0.3) is 0 Å². The Morgan fingerprint density at radius 3 is 2.48 bits per heavy atom. The number of carboxylic acids is 1. The molecule has 1 saturated heterocycles. The number of aliphatic carboxylic acids is 1. The van der Waals surface area contributed by atoms with Crippen LogP contribution in [-0.2, 0) is 14.4 Å². The van der Waals surface area contributed by atoms with Gasteiger partial charge in [-0.3, -0.25) is 9.59 Å². The maximum Gasteiger partial charge on any atom is 0.331 e. The SMILES string of the molecule is CC(=O)SC1CC(=O)N(C(C(=O)O)c2ccc(C)cc2)C1. The van der Waals surface area contributed by atoms with Gasteiger partial charge in [-0.15, -0.1) is 0 Å². The number of carbonyl (C=O) groups is 3. The van der Waals surface area contributed by atoms with Crippen molar-refractivity contribution in [2.24, 2.45) is 0 Å². The monoisotopic (exact) mass is 307 g/mol. The van der Waals surface area contributed by atoms with Crippen molar-refractivity contribution in [3.05, 3.63) is 35.4 Å². The molecule has 2 rings (SSSR count). The fraction of sp³-hybridized carbons (Fsp3) is 0.400. The summed E-state index contributed by atoms with van der Waals surface area (Å²) in [6.45, 7) is 3.65. The van der Waals surface area contributed by atoms with Crippen molar-refractivity contribution in [3.8, 4) is 0 Å². The van der Waals surface area contributed by atoms with Crippen LogP contribution < -0.4 is 0 Å². The van der Waals surface area contributed by atoms with E-state index in [1.165, 1.54) is 11.8 Å². The summed E-state index contributed by atoms with van der Waals surface area (Å²) in [4.78, 5) is 36.2. The average Bonchev–Trinajstić information content (AvgIpc) is 2.71. The Kier molecular flexibility index (Phi) is 4.67. The van der Waals surface area contributed by atoms with Gasteiger partial charge in [-0.25, -0.2) is 4.79 Å². The van der Waals surface area contributed by atoms with E-state index in [2.05, 4.69) is 0 Å². The van der Waals surface area contributed by atoms with Gasteiger partial charge in [0.15, 0.2) is 11.2 Å². The summed E-state index contributed by atoms with van der Waals surface area (Å²) in [5.41, 5.74) is 1.61. The number of hydrogen-bond donors (Lipinski definition) is 1. The maximum absolute atomic E-state index is 12.1. The maximum atomic E-state index is 12.1. The molecular formula is C15H17NO4S. The van der Waals surface area contributed by atoms with Gasteiger partial charge >= 0.3 is 5.97 Å². The molecule has 0 saturated carbocycles. The molecule has 1 N–H and O–H groups in total. The summed E-state index contributed by atoms with van der Waals surface area (Å²) in [6, 6.07) is 6.12. The van der Waals surface area contributed by atoms with E-state index in [-0.39, 0.29) is 29.2 Å². The molecule has 2 atom stereocenters. The van der Waals surface area contributed by atoms with Crippen LogP contribution in [0.1, 0.15) is 30.5 Å². The quantitative estimate of drug-likeness (QED) is 0.921. The van der Waals surface area contributed by atoms with Crippen LogP contribution in [0, 0.1) is 6.92 Å². The van der Waals surface area contributed by atoms with Crippen LogP contribution in [0.15, 0.2) is 24.3 Å². The van der Waals surface area contributed by atoms with E-state index in [1.54, 1.807) is 12.1 Å². The van der Waals surface area contributed by atoms with Crippen molar-refractivity contribution < 1.29 is 19.5 Å². The highest BCUT2D eigenvalue weighted by atomic mass is 32.2. The Morgan fingerprint density at radius 1 is 1.33 bits per heavy atom. The zero-order valence-electron chi connectivity index (χ0n) is 11.9. The molecule has 112 valence electrons. The second kappa shape index (κ2) is 6.30. The zero-order chi connectivity index (χ0) is 15.6. The van der Waals surface area contributed by atoms with E-state index >= 15 is 0 Å². The molecule has 1 fully saturated rings. The number of benzene rings is 1. The first kappa shape index (κ1) is 15.6. The van der Waals surface area contributed by atoms with Gasteiger partial charge < -0.3 is 10.0 Å². The number of nitrogens with zero attached hydrogens (tertiary/aromatic N) is 1. The normalized spacial score (nSPS) is 19.6. The van der Waals surface area contributed by atoms with E-state index in [0.29, 0.717) is 5.56 Å². The summed E-state index contributed by atoms with van der Waals surface area (Å²) in [5, 5.41) is 9.25. The van der Waals surface area contributed by atoms with Gasteiger partial charge in [-0.2, -0.15) is 0 Å². The molecule has 6 heteroatoms. The van der Waals surface area contributed by atoms with Crippen molar-refractivity contribution in [1.29, 1.82) is 0 Å². The third-order valence-corrected chi connectivity index (χ3v) is 4.38. The first-order valence-corrected chi connectivity index (χ1v) is 7.52. The van der Waals surface area contributed by atoms with Crippen molar-refractivity contribution in [2.45, 2.75) is 31.6 Å². The van der Waals surface area contributed by atoms with E-state index in [4.69, 9.17) is 0 Å². The highest BCUT2D eigenvalue weighted by Crippen LogP contribution is 2.31. The van der Waals surface area contributed by atoms with Crippen molar-refractivity contribution in [2.75, 3.05) is 6.54 Å². The topological polar surface area (TPSA) is 74.7 Å². The van der Waals surface area contributed by atoms with Gasteiger partial charge in [-0.1, -0.05) is 41.6 Å². The Labute approximate surface area is 127 Å². The summed E-state index contributed by atoms with van der Waals surface area (Å²) >= 11 is 1.10. The number of amides is 1. The number of likely N-dealkylation sites (tertiary alicyclic amines) is 1. The molecule has 1 aliphatic heterocycles. The molecule has 0 bridgehead atoms. The Hall–Kier alpha value is -1.82. The molecule has 5 nitrogen and oxygen atoms in total. The number of aryl methyl sites for hydroxylation is 1. The van der Waals surface area contributed by atoms with Gasteiger partial charge in [0.1, 0.15) is 0 Å². The first-order valence-electron chi connectivity index (χ1n) is 6.64. The van der Waals surface area contributed by atoms with Crippen LogP contribution in [0.2, 0.25) is 0 Å². The predicted molar refractivity (Wildman–Crippen MR) is 79.9 cm³/mol. The number of carboxylic acid groups (broad SMARTS) is 1. The molecule has 1 heterocycles. The summed E-state index contributed by atoms with van der Waals surface area (Å²) in [6.07, 6.45) is 0.208. The molecule has 21 heavy (non-hydrogen) atoms. The third kappa shape index (κ3) is 3.64. The van der Waals surface area contributed by atoms with Crippen LogP contribution >= 0.6 is 11.8 Å². The molecule has 0 aromatic heterocycles. The Bertz CT molecular complexity index is 570. The van der Waals surface area contributed by atoms with Crippen LogP contribution in [0.5, 0.6) is 0 Å². The number of thioether (sulfide) groups is 1. The second-order valence-electron chi connectivity index (χ2n) is 5.13. The van der Waals surface area contributed by atoms with Gasteiger partial charge in [-0.05, 0) is 12.5 Å². The highest BCUT2D eigenvalue weighted by Gasteiger charge is 2.39. The smallest absolute Gasteiger partial charge is 0.331 e. The lowest BCUT2D eigenvalue weighted by Gasteiger charge is -2.25. The number of carbonyl (C=O) groups excluding carboxylic acids is 2. The fourth-order valence-electron chi connectivity index (χ4n) is 2.47. The molecule has 1 aliphatic rings. The minimum absolute atomic E-state index is 0.0585. The molecule has 2 unspecified atom stereocenters. The van der Waals surface area contributed by atoms with E-state index < -0.39 is 12.0 Å². The van der Waals surface area contributed by atoms with Crippen molar-refractivity contribution in [3.63, 3.8) is 0 Å². The lowest BCUT2D eigenvalue weighted by Crippen LogP contribution is -2.35. The second-order valence-corrected chi connectivity index (χ2v) is 6.61. The number of hydrogen-bond acceptors (Lipinski definition) is 4. The summed E-state index contributed by atoms with van der Waals surface area (Å²) in [5.74, 6) is -1.28. The Morgan fingerprint density at radius 2 is 1.95 bits per heavy atom. The molecule has 0 aliphatic carbocycles. The van der Waals surface area contributed by atoms with E-state index in [1.807, 2.05) is 19.1 Å². The van der Waals surface area contributed by atoms with Crippen LogP contribution in [-0.4, -0.2) is 38.8 Å². The van der Waals surface area contributed by atoms with E-state index in [9.17, 15) is 19.5 Å². The summed E-state index contributed by atoms with van der Waals surface area (Å²) < 4.78 is 0. The average molecular weight is 307 g/mol. The van der Waals surface area contributed by atoms with Crippen molar-refractivity contribution >= 4 is 28.8 Å². The zero-order valence-corrected chi connectivity index (χ0v) is 12.7. The van der Waals surface area contributed by atoms with Gasteiger partial charge in [0.25, 0.3) is 0 Å². The largest absolute Gasteiger partial charge is 0.479 e. The lowest BCUT2D eigenvalue weighted by atomic mass is 10.0. The molecule has 1 aromatic rings. The van der Waals surface area contributed by atoms with Crippen LogP contribution in [0.4, 0.5) is 0 Å². The standard InChI is InChI=1S/C15H17NO4S/c1-9-3-5-11(6-4-9)14(15(19)20)16-8-12(7-13(16)18)21-10(2)17/h3-6,12,14H,7-8H2,1-2H3,(H,19,20). The molecule has 1 aromatic carbocycles. The molecule has 0 radical (unpaired) electrons. The summed E-state index contributed by atoms with van der Waals surface area (Å²) in [7, 11) is 0. The third-order valence-electron chi connectivity index (χ3n) is 3.39. The van der Waals surface area contributed by atoms with Crippen molar-refractivity contribution in [1.82, 2.24) is 4.90 Å². The molecule has 1 amide bonds. The predicted octanol–water partition coefficient (Wildman–Crippen LogP) is 2.00. The fourth-order valence-corrected chi connectivity index (χ4v) is 3.40. The van der Waals surface area contributed by atoms with Crippen LogP contribution in [0.3, 0.4) is 0 Å². The highest BCUT2D eigenvalue weighted by molar-refractivity contribution is 8.14. The van der Waals surface area contributed by atoms with Gasteiger partial charge in [0, 0.05) is 25.1 Å². The van der Waals surface area contributed by atoms with Gasteiger partial charge in [0.05, 0.1) is 0 Å².